The van der Waals surface area contributed by atoms with Crippen molar-refractivity contribution in [2.75, 3.05) is 6.61 Å². The van der Waals surface area contributed by atoms with Gasteiger partial charge in [0.2, 0.25) is 0 Å². The van der Waals surface area contributed by atoms with Gasteiger partial charge >= 0.3 is 12.1 Å². The SMILES string of the molecule is CCC(C)(C)COC(=O)C(C)NC(=O)OC(C)(C)C. The maximum absolute atomic E-state index is 11.7. The van der Waals surface area contributed by atoms with Crippen molar-refractivity contribution in [2.24, 2.45) is 5.41 Å². The second-order valence-corrected chi connectivity index (χ2v) is 6.49. The number of hydrogen-bond acceptors (Lipinski definition) is 4. The van der Waals surface area contributed by atoms with Gasteiger partial charge in [0.1, 0.15) is 11.6 Å². The van der Waals surface area contributed by atoms with E-state index >= 15 is 0 Å². The first-order chi connectivity index (χ1) is 8.47. The van der Waals surface area contributed by atoms with Crippen LogP contribution in [0.25, 0.3) is 0 Å². The largest absolute Gasteiger partial charge is 0.464 e. The molecular formula is C14H27NO4. The summed E-state index contributed by atoms with van der Waals surface area (Å²) in [6, 6.07) is -0.720. The van der Waals surface area contributed by atoms with Crippen molar-refractivity contribution in [2.45, 2.75) is 66.5 Å². The summed E-state index contributed by atoms with van der Waals surface area (Å²) in [4.78, 5) is 23.2. The normalized spacial score (nSPS) is 13.6. The number of rotatable bonds is 5. The van der Waals surface area contributed by atoms with E-state index < -0.39 is 23.7 Å². The van der Waals surface area contributed by atoms with Gasteiger partial charge in [0, 0.05) is 0 Å². The zero-order chi connectivity index (χ0) is 15.3. The van der Waals surface area contributed by atoms with Crippen LogP contribution in [-0.4, -0.2) is 30.3 Å². The molecule has 1 N–H and O–H groups in total. The van der Waals surface area contributed by atoms with Gasteiger partial charge in [0.05, 0.1) is 6.61 Å². The molecule has 1 unspecified atom stereocenters. The molecule has 0 aromatic heterocycles. The van der Waals surface area contributed by atoms with Crippen molar-refractivity contribution in [3.63, 3.8) is 0 Å². The molecule has 19 heavy (non-hydrogen) atoms. The molecule has 0 radical (unpaired) electrons. The Morgan fingerprint density at radius 3 is 2.11 bits per heavy atom. The van der Waals surface area contributed by atoms with Gasteiger partial charge in [-0.05, 0) is 39.5 Å². The Bertz CT molecular complexity index is 318. The monoisotopic (exact) mass is 273 g/mol. The zero-order valence-corrected chi connectivity index (χ0v) is 13.1. The van der Waals surface area contributed by atoms with Crippen LogP contribution < -0.4 is 5.32 Å². The third-order valence-corrected chi connectivity index (χ3v) is 2.65. The van der Waals surface area contributed by atoms with Gasteiger partial charge in [-0.3, -0.25) is 0 Å². The van der Waals surface area contributed by atoms with E-state index in [9.17, 15) is 9.59 Å². The summed E-state index contributed by atoms with van der Waals surface area (Å²) in [5.41, 5.74) is -0.640. The van der Waals surface area contributed by atoms with Crippen LogP contribution >= 0.6 is 0 Å². The number of carbonyl (C=O) groups is 2. The lowest BCUT2D eigenvalue weighted by Crippen LogP contribution is -2.43. The van der Waals surface area contributed by atoms with Crippen molar-refractivity contribution in [1.29, 1.82) is 0 Å². The van der Waals surface area contributed by atoms with E-state index in [0.717, 1.165) is 6.42 Å². The highest BCUT2D eigenvalue weighted by molar-refractivity contribution is 5.81. The van der Waals surface area contributed by atoms with Crippen molar-refractivity contribution in [3.8, 4) is 0 Å². The number of carbonyl (C=O) groups excluding carboxylic acids is 2. The maximum Gasteiger partial charge on any atom is 0.408 e. The fourth-order valence-electron chi connectivity index (χ4n) is 1.04. The average Bonchev–Trinajstić information content (AvgIpc) is 2.23. The van der Waals surface area contributed by atoms with Gasteiger partial charge in [-0.2, -0.15) is 0 Å². The van der Waals surface area contributed by atoms with Crippen LogP contribution in [0.3, 0.4) is 0 Å². The molecular weight excluding hydrogens is 246 g/mol. The van der Waals surface area contributed by atoms with Crippen molar-refractivity contribution in [3.05, 3.63) is 0 Å². The molecule has 0 saturated carbocycles. The van der Waals surface area contributed by atoms with E-state index in [4.69, 9.17) is 9.47 Å². The number of alkyl carbamates (subject to hydrolysis) is 1. The fourth-order valence-corrected chi connectivity index (χ4v) is 1.04. The van der Waals surface area contributed by atoms with E-state index in [-0.39, 0.29) is 5.41 Å². The Balaban J connectivity index is 4.18. The lowest BCUT2D eigenvalue weighted by atomic mass is 9.92. The summed E-state index contributed by atoms with van der Waals surface area (Å²) in [5.74, 6) is -0.451. The number of hydrogen-bond donors (Lipinski definition) is 1. The number of nitrogens with one attached hydrogen (secondary N) is 1. The minimum Gasteiger partial charge on any atom is -0.464 e. The molecule has 0 aromatic carbocycles. The van der Waals surface area contributed by atoms with Gasteiger partial charge in [-0.15, -0.1) is 0 Å². The summed E-state index contributed by atoms with van der Waals surface area (Å²) in [5, 5.41) is 2.45. The Morgan fingerprint density at radius 2 is 1.68 bits per heavy atom. The zero-order valence-electron chi connectivity index (χ0n) is 13.1. The molecule has 0 heterocycles. The third kappa shape index (κ3) is 8.46. The predicted molar refractivity (Wildman–Crippen MR) is 73.9 cm³/mol. The number of ether oxygens (including phenoxy) is 2. The van der Waals surface area contributed by atoms with Crippen molar-refractivity contribution in [1.82, 2.24) is 5.32 Å². The smallest absolute Gasteiger partial charge is 0.408 e. The molecule has 0 aliphatic heterocycles. The Hall–Kier alpha value is -1.26. The van der Waals surface area contributed by atoms with Crippen molar-refractivity contribution < 1.29 is 19.1 Å². The Labute approximate surface area is 116 Å². The molecule has 0 fully saturated rings. The predicted octanol–water partition coefficient (Wildman–Crippen LogP) is 2.88. The Kier molecular flexibility index (Phi) is 6.33. The highest BCUT2D eigenvalue weighted by Crippen LogP contribution is 2.19. The van der Waals surface area contributed by atoms with E-state index in [1.165, 1.54) is 0 Å². The van der Waals surface area contributed by atoms with E-state index in [2.05, 4.69) is 5.32 Å². The van der Waals surface area contributed by atoms with Gasteiger partial charge in [0.25, 0.3) is 0 Å². The van der Waals surface area contributed by atoms with Crippen LogP contribution in [0.15, 0.2) is 0 Å². The first-order valence-corrected chi connectivity index (χ1v) is 6.63. The average molecular weight is 273 g/mol. The van der Waals surface area contributed by atoms with Crippen LogP contribution in [0, 0.1) is 5.41 Å². The second kappa shape index (κ2) is 6.78. The molecule has 112 valence electrons. The van der Waals surface area contributed by atoms with Gasteiger partial charge in [-0.1, -0.05) is 20.8 Å². The summed E-state index contributed by atoms with van der Waals surface area (Å²) >= 11 is 0. The molecule has 0 aliphatic carbocycles. The van der Waals surface area contributed by atoms with Gasteiger partial charge in [0.15, 0.2) is 0 Å². The molecule has 0 rings (SSSR count). The molecule has 1 amide bonds. The topological polar surface area (TPSA) is 64.6 Å². The van der Waals surface area contributed by atoms with Crippen LogP contribution in [0.4, 0.5) is 4.79 Å². The molecule has 5 heteroatoms. The van der Waals surface area contributed by atoms with E-state index in [1.54, 1.807) is 27.7 Å². The van der Waals surface area contributed by atoms with Crippen LogP contribution in [0.1, 0.15) is 54.9 Å². The lowest BCUT2D eigenvalue weighted by molar-refractivity contribution is -0.148. The maximum atomic E-state index is 11.7. The fraction of sp³-hybridized carbons (Fsp3) is 0.857. The minimum absolute atomic E-state index is 0.0543. The second-order valence-electron chi connectivity index (χ2n) is 6.49. The quantitative estimate of drug-likeness (QED) is 0.782. The molecule has 0 spiro atoms. The molecule has 1 atom stereocenters. The molecule has 0 aromatic rings. The summed E-state index contributed by atoms with van der Waals surface area (Å²) < 4.78 is 10.2. The summed E-state index contributed by atoms with van der Waals surface area (Å²) in [6.45, 7) is 13.3. The first kappa shape index (κ1) is 17.7. The number of esters is 1. The van der Waals surface area contributed by atoms with E-state index in [0.29, 0.717) is 6.61 Å². The van der Waals surface area contributed by atoms with Crippen LogP contribution in [-0.2, 0) is 14.3 Å². The van der Waals surface area contributed by atoms with Crippen molar-refractivity contribution >= 4 is 12.1 Å². The highest BCUT2D eigenvalue weighted by Gasteiger charge is 2.24. The first-order valence-electron chi connectivity index (χ1n) is 6.63. The standard InChI is InChI=1S/C14H27NO4/c1-8-14(6,7)9-18-11(16)10(2)15-12(17)19-13(3,4)5/h10H,8-9H2,1-7H3,(H,15,17). The molecule has 0 bridgehead atoms. The molecule has 5 nitrogen and oxygen atoms in total. The Morgan fingerprint density at radius 1 is 1.16 bits per heavy atom. The molecule has 0 aliphatic rings. The molecule has 0 saturated heterocycles. The third-order valence-electron chi connectivity index (χ3n) is 2.65. The summed E-state index contributed by atoms with van der Waals surface area (Å²) in [7, 11) is 0. The number of amides is 1. The van der Waals surface area contributed by atoms with Crippen LogP contribution in [0.5, 0.6) is 0 Å². The lowest BCUT2D eigenvalue weighted by Gasteiger charge is -2.24. The van der Waals surface area contributed by atoms with Gasteiger partial charge in [-0.25, -0.2) is 9.59 Å². The highest BCUT2D eigenvalue weighted by atomic mass is 16.6. The van der Waals surface area contributed by atoms with Crippen LogP contribution in [0.2, 0.25) is 0 Å². The van der Waals surface area contributed by atoms with E-state index in [1.807, 2.05) is 20.8 Å². The minimum atomic E-state index is -0.720. The van der Waals surface area contributed by atoms with Gasteiger partial charge < -0.3 is 14.8 Å². The summed E-state index contributed by atoms with van der Waals surface area (Å²) in [6.07, 6.45) is 0.292.